The maximum absolute atomic E-state index is 12.6. The van der Waals surface area contributed by atoms with E-state index in [0.717, 1.165) is 30.0 Å². The van der Waals surface area contributed by atoms with Crippen molar-refractivity contribution in [3.05, 3.63) is 96.1 Å². The number of hydrogen-bond acceptors (Lipinski definition) is 6. The minimum Gasteiger partial charge on any atom is -0.493 e. The molecule has 0 N–H and O–H groups in total. The molecule has 0 fully saturated rings. The number of hydrogen-bond donors (Lipinski definition) is 0. The van der Waals surface area contributed by atoms with Crippen molar-refractivity contribution in [2.75, 3.05) is 13.2 Å². The maximum Gasteiger partial charge on any atom is 0.343 e. The van der Waals surface area contributed by atoms with Crippen LogP contribution in [0.4, 0.5) is 0 Å². The van der Waals surface area contributed by atoms with Crippen LogP contribution < -0.4 is 9.47 Å². The van der Waals surface area contributed by atoms with Gasteiger partial charge < -0.3 is 14.2 Å². The highest BCUT2D eigenvalue weighted by molar-refractivity contribution is 5.93. The number of ether oxygens (including phenoxy) is 3. The molecule has 0 amide bonds. The molecule has 0 spiro atoms. The summed E-state index contributed by atoms with van der Waals surface area (Å²) in [6, 6.07) is 19.9. The standard InChI is InChI=1S/C29H28O6/c1-3-6-21-7-9-22(10-8-21)24-13-16-27(25(19-24)20-30)35-29(32)23-11-14-26(15-12-23)33-17-5-18-34-28(31)4-2/h4,7-16,19-20H,2-3,5-6,17-18H2,1H3. The Balaban J connectivity index is 1.59. The van der Waals surface area contributed by atoms with Crippen LogP contribution in [0.1, 0.15) is 46.0 Å². The van der Waals surface area contributed by atoms with Crippen LogP contribution in [0.3, 0.4) is 0 Å². The number of esters is 2. The molecule has 0 aromatic heterocycles. The molecule has 0 atom stereocenters. The van der Waals surface area contributed by atoms with E-state index in [4.69, 9.17) is 14.2 Å². The summed E-state index contributed by atoms with van der Waals surface area (Å²) in [4.78, 5) is 35.3. The smallest absolute Gasteiger partial charge is 0.343 e. The van der Waals surface area contributed by atoms with Crippen LogP contribution in [-0.4, -0.2) is 31.4 Å². The van der Waals surface area contributed by atoms with Crippen molar-refractivity contribution in [1.82, 2.24) is 0 Å². The van der Waals surface area contributed by atoms with Crippen molar-refractivity contribution < 1.29 is 28.6 Å². The molecule has 0 saturated heterocycles. The molecule has 0 aliphatic rings. The summed E-state index contributed by atoms with van der Waals surface area (Å²) in [6.07, 6.45) is 4.42. The zero-order valence-corrected chi connectivity index (χ0v) is 19.7. The molecular weight excluding hydrogens is 444 g/mol. The number of rotatable bonds is 12. The van der Waals surface area contributed by atoms with Crippen LogP contribution in [0.2, 0.25) is 0 Å². The summed E-state index contributed by atoms with van der Waals surface area (Å²) >= 11 is 0. The Bertz CT molecular complexity index is 1160. The lowest BCUT2D eigenvalue weighted by atomic mass is 10.0. The normalized spacial score (nSPS) is 10.3. The van der Waals surface area contributed by atoms with E-state index in [1.807, 2.05) is 18.2 Å². The highest BCUT2D eigenvalue weighted by atomic mass is 16.5. The van der Waals surface area contributed by atoms with Gasteiger partial charge in [0.25, 0.3) is 0 Å². The second-order valence-corrected chi connectivity index (χ2v) is 7.80. The molecule has 6 heteroatoms. The average Bonchev–Trinajstić information content (AvgIpc) is 2.89. The van der Waals surface area contributed by atoms with Crippen molar-refractivity contribution in [1.29, 1.82) is 0 Å². The molecule has 180 valence electrons. The van der Waals surface area contributed by atoms with Gasteiger partial charge in [0.2, 0.25) is 0 Å². The first kappa shape index (κ1) is 25.4. The Morgan fingerprint density at radius 3 is 2.29 bits per heavy atom. The summed E-state index contributed by atoms with van der Waals surface area (Å²) in [5.74, 6) is -0.279. The zero-order valence-electron chi connectivity index (χ0n) is 19.7. The summed E-state index contributed by atoms with van der Waals surface area (Å²) < 4.78 is 15.9. The first-order valence-electron chi connectivity index (χ1n) is 11.5. The van der Waals surface area contributed by atoms with Crippen molar-refractivity contribution >= 4 is 18.2 Å². The van der Waals surface area contributed by atoms with E-state index in [1.165, 1.54) is 5.56 Å². The van der Waals surface area contributed by atoms with E-state index in [0.29, 0.717) is 36.2 Å². The van der Waals surface area contributed by atoms with E-state index < -0.39 is 11.9 Å². The fourth-order valence-electron chi connectivity index (χ4n) is 3.39. The highest BCUT2D eigenvalue weighted by Crippen LogP contribution is 2.27. The van der Waals surface area contributed by atoms with E-state index in [2.05, 4.69) is 25.6 Å². The third-order valence-electron chi connectivity index (χ3n) is 5.22. The Morgan fingerprint density at radius 1 is 0.914 bits per heavy atom. The van der Waals surface area contributed by atoms with Crippen molar-refractivity contribution in [2.45, 2.75) is 26.2 Å². The van der Waals surface area contributed by atoms with Crippen LogP contribution in [0.25, 0.3) is 11.1 Å². The van der Waals surface area contributed by atoms with Gasteiger partial charge in [0, 0.05) is 12.5 Å². The molecule has 0 aliphatic heterocycles. The molecule has 3 aromatic rings. The van der Waals surface area contributed by atoms with Crippen LogP contribution in [0.15, 0.2) is 79.4 Å². The minimum absolute atomic E-state index is 0.200. The number of carbonyl (C=O) groups is 3. The average molecular weight is 473 g/mol. The predicted octanol–water partition coefficient (Wildman–Crippen LogP) is 5.84. The summed E-state index contributed by atoms with van der Waals surface area (Å²) in [6.45, 7) is 6.05. The van der Waals surface area contributed by atoms with E-state index in [-0.39, 0.29) is 12.4 Å². The number of carbonyl (C=O) groups excluding carboxylic acids is 3. The second kappa shape index (κ2) is 12.9. The molecule has 0 aliphatic carbocycles. The summed E-state index contributed by atoms with van der Waals surface area (Å²) in [5.41, 5.74) is 3.74. The van der Waals surface area contributed by atoms with E-state index >= 15 is 0 Å². The predicted molar refractivity (Wildman–Crippen MR) is 134 cm³/mol. The van der Waals surface area contributed by atoms with Gasteiger partial charge in [-0.1, -0.05) is 50.3 Å². The zero-order chi connectivity index (χ0) is 25.0. The van der Waals surface area contributed by atoms with E-state index in [9.17, 15) is 14.4 Å². The Morgan fingerprint density at radius 2 is 1.63 bits per heavy atom. The van der Waals surface area contributed by atoms with Gasteiger partial charge >= 0.3 is 11.9 Å². The first-order valence-corrected chi connectivity index (χ1v) is 11.5. The van der Waals surface area contributed by atoms with Gasteiger partial charge in [-0.25, -0.2) is 9.59 Å². The molecule has 0 unspecified atom stereocenters. The lowest BCUT2D eigenvalue weighted by Crippen LogP contribution is -2.10. The highest BCUT2D eigenvalue weighted by Gasteiger charge is 2.13. The van der Waals surface area contributed by atoms with Crippen molar-refractivity contribution in [3.63, 3.8) is 0 Å². The van der Waals surface area contributed by atoms with Gasteiger partial charge in [-0.3, -0.25) is 4.79 Å². The van der Waals surface area contributed by atoms with Crippen LogP contribution in [0.5, 0.6) is 11.5 Å². The molecule has 3 aromatic carbocycles. The van der Waals surface area contributed by atoms with Gasteiger partial charge in [0.05, 0.1) is 24.3 Å². The maximum atomic E-state index is 12.6. The fraction of sp³-hybridized carbons (Fsp3) is 0.207. The Labute approximate surface area is 205 Å². The van der Waals surface area contributed by atoms with Gasteiger partial charge in [0.15, 0.2) is 6.29 Å². The van der Waals surface area contributed by atoms with Crippen LogP contribution >= 0.6 is 0 Å². The molecule has 35 heavy (non-hydrogen) atoms. The molecular formula is C29H28O6. The van der Waals surface area contributed by atoms with Crippen LogP contribution in [0, 0.1) is 0 Å². The molecule has 3 rings (SSSR count). The Kier molecular flexibility index (Phi) is 9.37. The summed E-state index contributed by atoms with van der Waals surface area (Å²) in [5, 5.41) is 0. The van der Waals surface area contributed by atoms with Gasteiger partial charge in [0.1, 0.15) is 11.5 Å². The topological polar surface area (TPSA) is 78.9 Å². The molecule has 6 nitrogen and oxygen atoms in total. The Hall–Kier alpha value is -4.19. The van der Waals surface area contributed by atoms with Crippen molar-refractivity contribution in [2.24, 2.45) is 0 Å². The molecule has 0 radical (unpaired) electrons. The molecule has 0 bridgehead atoms. The number of benzene rings is 3. The fourth-order valence-corrected chi connectivity index (χ4v) is 3.39. The number of aldehydes is 1. The molecule has 0 saturated carbocycles. The monoisotopic (exact) mass is 472 g/mol. The third kappa shape index (κ3) is 7.40. The molecule has 0 heterocycles. The largest absolute Gasteiger partial charge is 0.493 e. The SMILES string of the molecule is C=CC(=O)OCCCOc1ccc(C(=O)Oc2ccc(-c3ccc(CCC)cc3)cc2C=O)cc1. The van der Waals surface area contributed by atoms with E-state index in [1.54, 1.807) is 36.4 Å². The first-order chi connectivity index (χ1) is 17.0. The van der Waals surface area contributed by atoms with Gasteiger partial charge in [-0.05, 0) is 59.5 Å². The van der Waals surface area contributed by atoms with Crippen LogP contribution in [-0.2, 0) is 16.0 Å². The summed E-state index contributed by atoms with van der Waals surface area (Å²) in [7, 11) is 0. The third-order valence-corrected chi connectivity index (χ3v) is 5.22. The lowest BCUT2D eigenvalue weighted by Gasteiger charge is -2.10. The van der Waals surface area contributed by atoms with Gasteiger partial charge in [-0.2, -0.15) is 0 Å². The number of aryl methyl sites for hydroxylation is 1. The minimum atomic E-state index is -0.576. The second-order valence-electron chi connectivity index (χ2n) is 7.80. The quantitative estimate of drug-likeness (QED) is 0.108. The van der Waals surface area contributed by atoms with Gasteiger partial charge in [-0.15, -0.1) is 0 Å². The van der Waals surface area contributed by atoms with Crippen molar-refractivity contribution in [3.8, 4) is 22.6 Å². The lowest BCUT2D eigenvalue weighted by molar-refractivity contribution is -0.137.